The lowest BCUT2D eigenvalue weighted by atomic mass is 10.2. The normalized spacial score (nSPS) is 14.3. The van der Waals surface area contributed by atoms with Gasteiger partial charge in [0.1, 0.15) is 17.8 Å². The van der Waals surface area contributed by atoms with E-state index >= 15 is 0 Å². The summed E-state index contributed by atoms with van der Waals surface area (Å²) in [7, 11) is 1.67. The first kappa shape index (κ1) is 19.4. The van der Waals surface area contributed by atoms with Crippen LogP contribution < -0.4 is 10.2 Å². The van der Waals surface area contributed by atoms with E-state index in [0.29, 0.717) is 31.2 Å². The van der Waals surface area contributed by atoms with Crippen molar-refractivity contribution in [3.63, 3.8) is 0 Å². The van der Waals surface area contributed by atoms with Gasteiger partial charge in [-0.15, -0.1) is 0 Å². The Hall–Kier alpha value is -2.38. The molecule has 1 aromatic heterocycles. The summed E-state index contributed by atoms with van der Waals surface area (Å²) in [6, 6.07) is 9.50. The molecule has 1 aliphatic heterocycles. The molecule has 0 unspecified atom stereocenters. The van der Waals surface area contributed by atoms with Crippen molar-refractivity contribution in [1.29, 1.82) is 0 Å². The fraction of sp³-hybridized carbons (Fsp3) is 0.421. The van der Waals surface area contributed by atoms with Crippen molar-refractivity contribution in [3.05, 3.63) is 47.4 Å². The Balaban J connectivity index is 1.56. The van der Waals surface area contributed by atoms with Crippen LogP contribution in [0.4, 0.5) is 11.5 Å². The molecule has 0 atom stereocenters. The van der Waals surface area contributed by atoms with Crippen LogP contribution in [0.25, 0.3) is 0 Å². The maximum absolute atomic E-state index is 12.8. The predicted molar refractivity (Wildman–Crippen MR) is 107 cm³/mol. The molecule has 2 aromatic rings. The van der Waals surface area contributed by atoms with E-state index in [9.17, 15) is 4.79 Å². The number of amides is 1. The minimum absolute atomic E-state index is 0.0666. The van der Waals surface area contributed by atoms with Gasteiger partial charge >= 0.3 is 0 Å². The molecular formula is C19H24ClN5O2. The highest BCUT2D eigenvalue weighted by atomic mass is 35.5. The minimum Gasteiger partial charge on any atom is -0.385 e. The van der Waals surface area contributed by atoms with Gasteiger partial charge in [0.2, 0.25) is 0 Å². The summed E-state index contributed by atoms with van der Waals surface area (Å²) in [4.78, 5) is 25.2. The summed E-state index contributed by atoms with van der Waals surface area (Å²) in [5.41, 5.74) is 1.50. The number of halogens is 1. The summed E-state index contributed by atoms with van der Waals surface area (Å²) >= 11 is 6.07. The highest BCUT2D eigenvalue weighted by Crippen LogP contribution is 2.21. The maximum Gasteiger partial charge on any atom is 0.272 e. The topological polar surface area (TPSA) is 70.6 Å². The number of piperazine rings is 1. The number of carbonyl (C=O) groups excluding carboxylic acids is 1. The molecule has 0 spiro atoms. The molecule has 1 N–H and O–H groups in total. The van der Waals surface area contributed by atoms with Crippen molar-refractivity contribution >= 4 is 29.0 Å². The van der Waals surface area contributed by atoms with Crippen LogP contribution in [0, 0.1) is 0 Å². The Labute approximate surface area is 164 Å². The van der Waals surface area contributed by atoms with E-state index in [-0.39, 0.29) is 5.91 Å². The molecule has 27 heavy (non-hydrogen) atoms. The van der Waals surface area contributed by atoms with Gasteiger partial charge in [0, 0.05) is 63.2 Å². The maximum atomic E-state index is 12.8. The highest BCUT2D eigenvalue weighted by molar-refractivity contribution is 6.30. The molecule has 1 fully saturated rings. The van der Waals surface area contributed by atoms with Crippen molar-refractivity contribution in [2.45, 2.75) is 6.42 Å². The molecule has 7 nitrogen and oxygen atoms in total. The first-order valence-electron chi connectivity index (χ1n) is 9.02. The molecule has 0 bridgehead atoms. The monoisotopic (exact) mass is 389 g/mol. The van der Waals surface area contributed by atoms with E-state index in [2.05, 4.69) is 20.2 Å². The van der Waals surface area contributed by atoms with Crippen molar-refractivity contribution in [2.75, 3.05) is 56.7 Å². The first-order valence-corrected chi connectivity index (χ1v) is 9.40. The van der Waals surface area contributed by atoms with Gasteiger partial charge in [-0.1, -0.05) is 17.7 Å². The van der Waals surface area contributed by atoms with Gasteiger partial charge in [0.05, 0.1) is 0 Å². The van der Waals surface area contributed by atoms with Crippen molar-refractivity contribution in [3.8, 4) is 0 Å². The minimum atomic E-state index is -0.0666. The summed E-state index contributed by atoms with van der Waals surface area (Å²) in [5, 5.41) is 3.91. The second-order valence-corrected chi connectivity index (χ2v) is 6.76. The quantitative estimate of drug-likeness (QED) is 0.734. The van der Waals surface area contributed by atoms with Gasteiger partial charge < -0.3 is 19.9 Å². The number of hydrogen-bond acceptors (Lipinski definition) is 6. The Morgan fingerprint density at radius 3 is 2.78 bits per heavy atom. The molecule has 0 radical (unpaired) electrons. The van der Waals surface area contributed by atoms with Gasteiger partial charge in [-0.2, -0.15) is 0 Å². The molecular weight excluding hydrogens is 366 g/mol. The molecule has 0 saturated carbocycles. The first-order chi connectivity index (χ1) is 13.2. The Bertz CT molecular complexity index is 765. The SMILES string of the molecule is COCCCNc1cc(C(=O)N2CCN(c3cccc(Cl)c3)CC2)ncn1. The van der Waals surface area contributed by atoms with Gasteiger partial charge in [-0.3, -0.25) is 4.79 Å². The number of hydrogen-bond donors (Lipinski definition) is 1. The largest absolute Gasteiger partial charge is 0.385 e. The predicted octanol–water partition coefficient (Wildman–Crippen LogP) is 2.54. The molecule has 2 heterocycles. The zero-order chi connectivity index (χ0) is 19.1. The number of aromatic nitrogens is 2. The molecule has 0 aliphatic carbocycles. The fourth-order valence-corrected chi connectivity index (χ4v) is 3.19. The van der Waals surface area contributed by atoms with E-state index in [1.54, 1.807) is 13.2 Å². The zero-order valence-electron chi connectivity index (χ0n) is 15.4. The number of rotatable bonds is 7. The number of nitrogens with one attached hydrogen (secondary N) is 1. The average molecular weight is 390 g/mol. The number of methoxy groups -OCH3 is 1. The van der Waals surface area contributed by atoms with Gasteiger partial charge in [-0.05, 0) is 24.6 Å². The molecule has 1 aliphatic rings. The third kappa shape index (κ3) is 5.30. The highest BCUT2D eigenvalue weighted by Gasteiger charge is 2.23. The van der Waals surface area contributed by atoms with Crippen LogP contribution in [0.3, 0.4) is 0 Å². The summed E-state index contributed by atoms with van der Waals surface area (Å²) < 4.78 is 5.02. The Morgan fingerprint density at radius 1 is 1.22 bits per heavy atom. The molecule has 3 rings (SSSR count). The summed E-state index contributed by atoms with van der Waals surface area (Å²) in [5.74, 6) is 0.588. The Morgan fingerprint density at radius 2 is 2.04 bits per heavy atom. The summed E-state index contributed by atoms with van der Waals surface area (Å²) in [6.07, 6.45) is 2.29. The molecule has 8 heteroatoms. The van der Waals surface area contributed by atoms with Crippen LogP contribution in [0.15, 0.2) is 36.7 Å². The van der Waals surface area contributed by atoms with E-state index in [4.69, 9.17) is 16.3 Å². The smallest absolute Gasteiger partial charge is 0.272 e. The lowest BCUT2D eigenvalue weighted by molar-refractivity contribution is 0.0740. The van der Waals surface area contributed by atoms with Gasteiger partial charge in [0.15, 0.2) is 0 Å². The van der Waals surface area contributed by atoms with E-state index < -0.39 is 0 Å². The van der Waals surface area contributed by atoms with E-state index in [1.807, 2.05) is 29.2 Å². The van der Waals surface area contributed by atoms with Gasteiger partial charge in [-0.25, -0.2) is 9.97 Å². The zero-order valence-corrected chi connectivity index (χ0v) is 16.2. The second kappa shape index (κ2) is 9.53. The van der Waals surface area contributed by atoms with Crippen LogP contribution >= 0.6 is 11.6 Å². The number of carbonyl (C=O) groups is 1. The van der Waals surface area contributed by atoms with Crippen molar-refractivity contribution in [2.24, 2.45) is 0 Å². The van der Waals surface area contributed by atoms with Crippen molar-refractivity contribution < 1.29 is 9.53 Å². The van der Waals surface area contributed by atoms with Crippen LogP contribution in [0.5, 0.6) is 0 Å². The van der Waals surface area contributed by atoms with Gasteiger partial charge in [0.25, 0.3) is 5.91 Å². The molecule has 1 aromatic carbocycles. The number of ether oxygens (including phenoxy) is 1. The third-order valence-corrected chi connectivity index (χ3v) is 4.69. The van der Waals surface area contributed by atoms with E-state index in [1.165, 1.54) is 6.33 Å². The average Bonchev–Trinajstić information content (AvgIpc) is 2.71. The molecule has 144 valence electrons. The van der Waals surface area contributed by atoms with Crippen LogP contribution in [-0.2, 0) is 4.74 Å². The summed E-state index contributed by atoms with van der Waals surface area (Å²) in [6.45, 7) is 4.23. The van der Waals surface area contributed by atoms with Crippen LogP contribution in [-0.4, -0.2) is 67.2 Å². The lowest BCUT2D eigenvalue weighted by Gasteiger charge is -2.36. The fourth-order valence-electron chi connectivity index (χ4n) is 3.01. The molecule has 1 amide bonds. The van der Waals surface area contributed by atoms with Crippen LogP contribution in [0.2, 0.25) is 5.02 Å². The number of benzene rings is 1. The lowest BCUT2D eigenvalue weighted by Crippen LogP contribution is -2.49. The van der Waals surface area contributed by atoms with Crippen molar-refractivity contribution in [1.82, 2.24) is 14.9 Å². The van der Waals surface area contributed by atoms with Crippen LogP contribution in [0.1, 0.15) is 16.9 Å². The Kier molecular flexibility index (Phi) is 6.84. The number of anilines is 2. The second-order valence-electron chi connectivity index (χ2n) is 6.32. The third-order valence-electron chi connectivity index (χ3n) is 4.46. The molecule has 1 saturated heterocycles. The van der Waals surface area contributed by atoms with E-state index in [0.717, 1.165) is 36.8 Å². The number of nitrogens with zero attached hydrogens (tertiary/aromatic N) is 4. The standard InChI is InChI=1S/C19H24ClN5O2/c1-27-11-3-6-21-18-13-17(22-14-23-18)19(26)25-9-7-24(8-10-25)16-5-2-4-15(20)12-16/h2,4-5,12-14H,3,6-11H2,1H3,(H,21,22,23).